The topological polar surface area (TPSA) is 57.5 Å². The van der Waals surface area contributed by atoms with Gasteiger partial charge in [-0.2, -0.15) is 18.3 Å². The third-order valence-corrected chi connectivity index (χ3v) is 6.84. The standard InChI is InChI=1S/C22H27F3N6O/c1-2-30-11-15-10-29(8-7-19(15)27-30)21(32)14-28-12-17-4-5-18(13-28)31(17)20-6-3-16(9-26-20)22(23,24)25/h3,6,9,11,17-18H,2,4-5,7-8,10,12-14H2,1H3. The Hall–Kier alpha value is -2.62. The molecule has 172 valence electrons. The molecule has 2 saturated heterocycles. The molecule has 2 fully saturated rings. The molecule has 1 amide bonds. The molecule has 2 aromatic rings. The quantitative estimate of drug-likeness (QED) is 0.720. The van der Waals surface area contributed by atoms with E-state index in [0.717, 1.165) is 62.4 Å². The SMILES string of the molecule is CCn1cc2c(n1)CCN(C(=O)CN1CC3CCC(C1)N3c1ccc(C(F)(F)F)cn1)C2. The summed E-state index contributed by atoms with van der Waals surface area (Å²) in [5.74, 6) is 0.716. The summed E-state index contributed by atoms with van der Waals surface area (Å²) >= 11 is 0. The van der Waals surface area contributed by atoms with Crippen molar-refractivity contribution in [2.45, 2.75) is 57.5 Å². The number of hydrogen-bond donors (Lipinski definition) is 0. The van der Waals surface area contributed by atoms with E-state index < -0.39 is 11.7 Å². The van der Waals surface area contributed by atoms with E-state index in [4.69, 9.17) is 0 Å². The number of carbonyl (C=O) groups is 1. The van der Waals surface area contributed by atoms with Crippen LogP contribution in [0, 0.1) is 0 Å². The van der Waals surface area contributed by atoms with Crippen LogP contribution in [0.3, 0.4) is 0 Å². The third-order valence-electron chi connectivity index (χ3n) is 6.84. The average molecular weight is 448 g/mol. The average Bonchev–Trinajstić information content (AvgIpc) is 3.30. The van der Waals surface area contributed by atoms with Gasteiger partial charge in [0.1, 0.15) is 5.82 Å². The molecule has 0 N–H and O–H groups in total. The van der Waals surface area contributed by atoms with Crippen molar-refractivity contribution < 1.29 is 18.0 Å². The van der Waals surface area contributed by atoms with Crippen LogP contribution >= 0.6 is 0 Å². The molecular formula is C22H27F3N6O. The summed E-state index contributed by atoms with van der Waals surface area (Å²) in [6.45, 7) is 5.98. The van der Waals surface area contributed by atoms with Crippen molar-refractivity contribution in [3.05, 3.63) is 41.3 Å². The summed E-state index contributed by atoms with van der Waals surface area (Å²) in [5.41, 5.74) is 1.49. The van der Waals surface area contributed by atoms with Crippen LogP contribution in [-0.2, 0) is 30.5 Å². The molecule has 2 bridgehead atoms. The summed E-state index contributed by atoms with van der Waals surface area (Å²) < 4.78 is 40.5. The van der Waals surface area contributed by atoms with Crippen molar-refractivity contribution in [1.29, 1.82) is 0 Å². The van der Waals surface area contributed by atoms with Crippen molar-refractivity contribution in [2.24, 2.45) is 0 Å². The first-order chi connectivity index (χ1) is 15.3. The molecule has 3 aliphatic heterocycles. The number of piperazine rings is 1. The van der Waals surface area contributed by atoms with Crippen molar-refractivity contribution in [3.8, 4) is 0 Å². The minimum atomic E-state index is -4.38. The van der Waals surface area contributed by atoms with Gasteiger partial charge in [-0.05, 0) is 31.9 Å². The van der Waals surface area contributed by atoms with Crippen molar-refractivity contribution in [2.75, 3.05) is 31.1 Å². The number of rotatable bonds is 4. The van der Waals surface area contributed by atoms with Gasteiger partial charge in [0.15, 0.2) is 0 Å². The summed E-state index contributed by atoms with van der Waals surface area (Å²) in [5, 5.41) is 4.56. The predicted octanol–water partition coefficient (Wildman–Crippen LogP) is 2.55. The lowest BCUT2D eigenvalue weighted by Gasteiger charge is -2.42. The van der Waals surface area contributed by atoms with Crippen molar-refractivity contribution in [1.82, 2.24) is 24.6 Å². The smallest absolute Gasteiger partial charge is 0.348 e. The van der Waals surface area contributed by atoms with Gasteiger partial charge in [-0.15, -0.1) is 0 Å². The Morgan fingerprint density at radius 3 is 2.56 bits per heavy atom. The molecule has 0 spiro atoms. The normalized spacial score (nSPS) is 23.5. The Bertz CT molecular complexity index is 975. The van der Waals surface area contributed by atoms with E-state index >= 15 is 0 Å². The van der Waals surface area contributed by atoms with Crippen LogP contribution in [-0.4, -0.2) is 68.7 Å². The van der Waals surface area contributed by atoms with Gasteiger partial charge < -0.3 is 9.80 Å². The first-order valence-electron chi connectivity index (χ1n) is 11.2. The second-order valence-corrected chi connectivity index (χ2v) is 8.91. The number of likely N-dealkylation sites (tertiary alicyclic amines) is 1. The van der Waals surface area contributed by atoms with Gasteiger partial charge in [0.05, 0.1) is 17.8 Å². The van der Waals surface area contributed by atoms with E-state index in [9.17, 15) is 18.0 Å². The molecule has 32 heavy (non-hydrogen) atoms. The van der Waals surface area contributed by atoms with E-state index in [1.165, 1.54) is 6.07 Å². The zero-order chi connectivity index (χ0) is 22.5. The van der Waals surface area contributed by atoms with Crippen LogP contribution < -0.4 is 4.90 Å². The molecule has 0 radical (unpaired) electrons. The lowest BCUT2D eigenvalue weighted by atomic mass is 10.1. The Morgan fingerprint density at radius 2 is 1.94 bits per heavy atom. The van der Waals surface area contributed by atoms with Gasteiger partial charge in [-0.1, -0.05) is 0 Å². The van der Waals surface area contributed by atoms with Gasteiger partial charge in [0, 0.05) is 69.2 Å². The van der Waals surface area contributed by atoms with Crippen LogP contribution in [0.1, 0.15) is 36.6 Å². The summed E-state index contributed by atoms with van der Waals surface area (Å²) in [6.07, 6.45) is 1.27. The van der Waals surface area contributed by atoms with Crippen LogP contribution in [0.2, 0.25) is 0 Å². The molecule has 5 rings (SSSR count). The minimum absolute atomic E-state index is 0.125. The highest BCUT2D eigenvalue weighted by Gasteiger charge is 2.41. The van der Waals surface area contributed by atoms with Crippen molar-refractivity contribution in [3.63, 3.8) is 0 Å². The molecule has 5 heterocycles. The molecule has 2 unspecified atom stereocenters. The monoisotopic (exact) mass is 448 g/mol. The molecule has 2 atom stereocenters. The maximum absolute atomic E-state index is 13.0. The van der Waals surface area contributed by atoms with Gasteiger partial charge in [-0.25, -0.2) is 4.98 Å². The molecule has 0 aliphatic carbocycles. The van der Waals surface area contributed by atoms with Gasteiger partial charge in [-0.3, -0.25) is 14.4 Å². The van der Waals surface area contributed by atoms with E-state index in [0.29, 0.717) is 25.5 Å². The second-order valence-electron chi connectivity index (χ2n) is 8.91. The number of alkyl halides is 3. The molecule has 0 saturated carbocycles. The number of aromatic nitrogens is 3. The summed E-state index contributed by atoms with van der Waals surface area (Å²) in [7, 11) is 0. The van der Waals surface area contributed by atoms with Crippen molar-refractivity contribution >= 4 is 11.7 Å². The number of pyridine rings is 1. The summed E-state index contributed by atoms with van der Waals surface area (Å²) in [4.78, 5) is 23.3. The number of carbonyl (C=O) groups excluding carboxylic acids is 1. The molecule has 10 heteroatoms. The first-order valence-corrected chi connectivity index (χ1v) is 11.2. The number of aryl methyl sites for hydroxylation is 1. The fraction of sp³-hybridized carbons (Fsp3) is 0.591. The molecule has 0 aromatic carbocycles. The zero-order valence-electron chi connectivity index (χ0n) is 18.1. The van der Waals surface area contributed by atoms with Crippen LogP contribution in [0.4, 0.5) is 19.0 Å². The van der Waals surface area contributed by atoms with E-state index in [1.807, 2.05) is 15.8 Å². The molecule has 7 nitrogen and oxygen atoms in total. The second kappa shape index (κ2) is 8.06. The Labute approximate surface area is 184 Å². The lowest BCUT2D eigenvalue weighted by molar-refractivity contribution is -0.137. The highest BCUT2D eigenvalue weighted by molar-refractivity contribution is 5.78. The highest BCUT2D eigenvalue weighted by Crippen LogP contribution is 2.35. The Morgan fingerprint density at radius 1 is 1.19 bits per heavy atom. The van der Waals surface area contributed by atoms with Gasteiger partial charge in [0.2, 0.25) is 5.91 Å². The van der Waals surface area contributed by atoms with E-state index in [2.05, 4.69) is 26.8 Å². The highest BCUT2D eigenvalue weighted by atomic mass is 19.4. The Kier molecular flexibility index (Phi) is 5.35. The molecule has 2 aromatic heterocycles. The van der Waals surface area contributed by atoms with E-state index in [1.54, 1.807) is 0 Å². The molecular weight excluding hydrogens is 421 g/mol. The maximum Gasteiger partial charge on any atom is 0.417 e. The third kappa shape index (κ3) is 3.96. The number of halogens is 3. The fourth-order valence-electron chi connectivity index (χ4n) is 5.24. The number of nitrogens with zero attached hydrogens (tertiary/aromatic N) is 6. The van der Waals surface area contributed by atoms with Gasteiger partial charge >= 0.3 is 6.18 Å². The predicted molar refractivity (Wildman–Crippen MR) is 112 cm³/mol. The maximum atomic E-state index is 13.0. The number of hydrogen-bond acceptors (Lipinski definition) is 5. The van der Waals surface area contributed by atoms with Gasteiger partial charge in [0.25, 0.3) is 0 Å². The Balaban J connectivity index is 1.21. The zero-order valence-corrected chi connectivity index (χ0v) is 18.1. The summed E-state index contributed by atoms with van der Waals surface area (Å²) in [6, 6.07) is 2.91. The van der Waals surface area contributed by atoms with Crippen LogP contribution in [0.5, 0.6) is 0 Å². The number of fused-ring (bicyclic) bond motifs is 3. The lowest BCUT2D eigenvalue weighted by Crippen LogP contribution is -2.56. The van der Waals surface area contributed by atoms with E-state index in [-0.39, 0.29) is 18.0 Å². The van der Waals surface area contributed by atoms with Crippen LogP contribution in [0.15, 0.2) is 24.5 Å². The number of anilines is 1. The fourth-order valence-corrected chi connectivity index (χ4v) is 5.24. The minimum Gasteiger partial charge on any atom is -0.348 e. The van der Waals surface area contributed by atoms with Crippen LogP contribution in [0.25, 0.3) is 0 Å². The number of amides is 1. The first kappa shape index (κ1) is 21.2. The largest absolute Gasteiger partial charge is 0.417 e. The molecule has 3 aliphatic rings.